The van der Waals surface area contributed by atoms with Crippen molar-refractivity contribution in [3.63, 3.8) is 0 Å². The zero-order chi connectivity index (χ0) is 14.8. The molecule has 6 nitrogen and oxygen atoms in total. The van der Waals surface area contributed by atoms with Crippen molar-refractivity contribution in [2.75, 3.05) is 12.3 Å². The molecule has 0 aromatic carbocycles. The van der Waals surface area contributed by atoms with Gasteiger partial charge in [0.15, 0.2) is 0 Å². The van der Waals surface area contributed by atoms with Gasteiger partial charge in [0, 0.05) is 13.6 Å². The van der Waals surface area contributed by atoms with Crippen molar-refractivity contribution in [3.8, 4) is 0 Å². The average Bonchev–Trinajstić information content (AvgIpc) is 2.48. The van der Waals surface area contributed by atoms with Crippen molar-refractivity contribution in [1.82, 2.24) is 15.1 Å². The fourth-order valence-corrected chi connectivity index (χ4v) is 2.25. The Morgan fingerprint density at radius 3 is 2.58 bits per heavy atom. The first-order valence-corrected chi connectivity index (χ1v) is 6.43. The summed E-state index contributed by atoms with van der Waals surface area (Å²) in [4.78, 5) is 12.1. The Hall–Kier alpha value is -1.56. The quantitative estimate of drug-likeness (QED) is 0.737. The highest BCUT2D eigenvalue weighted by Gasteiger charge is 2.24. The van der Waals surface area contributed by atoms with Crippen LogP contribution >= 0.6 is 0 Å². The van der Waals surface area contributed by atoms with Crippen molar-refractivity contribution in [1.29, 1.82) is 0 Å². The van der Waals surface area contributed by atoms with Crippen LogP contribution in [0.25, 0.3) is 0 Å². The third kappa shape index (κ3) is 3.96. The number of aryl methyl sites for hydroxylation is 2. The Morgan fingerprint density at radius 2 is 2.16 bits per heavy atom. The van der Waals surface area contributed by atoms with E-state index in [0.717, 1.165) is 0 Å². The second-order valence-electron chi connectivity index (χ2n) is 5.75. The van der Waals surface area contributed by atoms with Gasteiger partial charge in [0.25, 0.3) is 5.91 Å². The number of hydrogen-bond donors (Lipinski definition) is 3. The molecule has 1 aromatic heterocycles. The number of aliphatic hydroxyl groups is 1. The third-order valence-electron chi connectivity index (χ3n) is 2.96. The van der Waals surface area contributed by atoms with Crippen molar-refractivity contribution < 1.29 is 9.90 Å². The maximum Gasteiger partial charge on any atom is 0.271 e. The molecule has 4 N–H and O–H groups in total. The maximum absolute atomic E-state index is 12.1. The van der Waals surface area contributed by atoms with Crippen LogP contribution in [0.15, 0.2) is 0 Å². The van der Waals surface area contributed by atoms with E-state index in [-0.39, 0.29) is 12.5 Å². The number of nitrogens with zero attached hydrogens (tertiary/aromatic N) is 2. The predicted molar refractivity (Wildman–Crippen MR) is 74.8 cm³/mol. The fraction of sp³-hybridized carbons (Fsp3) is 0.692. The number of carbonyl (C=O) groups is 1. The Morgan fingerprint density at radius 1 is 1.58 bits per heavy atom. The smallest absolute Gasteiger partial charge is 0.271 e. The summed E-state index contributed by atoms with van der Waals surface area (Å²) < 4.78 is 1.46. The second-order valence-corrected chi connectivity index (χ2v) is 5.75. The summed E-state index contributed by atoms with van der Waals surface area (Å²) >= 11 is 0. The van der Waals surface area contributed by atoms with Crippen LogP contribution in [-0.2, 0) is 7.05 Å². The number of anilines is 1. The van der Waals surface area contributed by atoms with Crippen molar-refractivity contribution >= 4 is 11.6 Å². The zero-order valence-electron chi connectivity index (χ0n) is 12.3. The lowest BCUT2D eigenvalue weighted by Crippen LogP contribution is -2.42. The molecule has 6 heteroatoms. The van der Waals surface area contributed by atoms with Gasteiger partial charge in [-0.05, 0) is 26.2 Å². The highest BCUT2D eigenvalue weighted by molar-refractivity contribution is 5.97. The highest BCUT2D eigenvalue weighted by atomic mass is 16.3. The largest absolute Gasteiger partial charge is 0.395 e. The first-order chi connectivity index (χ1) is 8.64. The first-order valence-electron chi connectivity index (χ1n) is 6.43. The minimum Gasteiger partial charge on any atom is -0.395 e. The molecule has 0 aliphatic rings. The molecule has 1 aromatic rings. The molecule has 0 aliphatic heterocycles. The minimum atomic E-state index is -0.924. The lowest BCUT2D eigenvalue weighted by atomic mass is 9.94. The van der Waals surface area contributed by atoms with E-state index < -0.39 is 5.60 Å². The van der Waals surface area contributed by atoms with Crippen LogP contribution in [0.4, 0.5) is 5.69 Å². The van der Waals surface area contributed by atoms with E-state index in [1.807, 2.05) is 13.8 Å². The molecule has 0 saturated carbocycles. The molecular formula is C13H24N4O2. The monoisotopic (exact) mass is 268 g/mol. The summed E-state index contributed by atoms with van der Waals surface area (Å²) in [6.45, 7) is 7.71. The van der Waals surface area contributed by atoms with Gasteiger partial charge in [-0.15, -0.1) is 0 Å². The van der Waals surface area contributed by atoms with Crippen LogP contribution in [0, 0.1) is 12.8 Å². The minimum absolute atomic E-state index is 0.188. The summed E-state index contributed by atoms with van der Waals surface area (Å²) in [5, 5.41) is 17.0. The lowest BCUT2D eigenvalue weighted by Gasteiger charge is -2.25. The molecule has 0 radical (unpaired) electrons. The molecule has 1 amide bonds. The summed E-state index contributed by atoms with van der Waals surface area (Å²) in [5.41, 5.74) is 6.23. The van der Waals surface area contributed by atoms with E-state index in [0.29, 0.717) is 29.4 Å². The number of nitrogens with one attached hydrogen (secondary N) is 1. The third-order valence-corrected chi connectivity index (χ3v) is 2.96. The van der Waals surface area contributed by atoms with Crippen molar-refractivity contribution in [2.45, 2.75) is 39.7 Å². The molecule has 0 bridgehead atoms. The molecule has 19 heavy (non-hydrogen) atoms. The van der Waals surface area contributed by atoms with Crippen molar-refractivity contribution in [3.05, 3.63) is 11.4 Å². The summed E-state index contributed by atoms with van der Waals surface area (Å²) in [6.07, 6.45) is 0.618. The number of amides is 1. The Kier molecular flexibility index (Phi) is 4.57. The summed E-state index contributed by atoms with van der Waals surface area (Å²) in [6, 6.07) is 0. The number of rotatable bonds is 5. The van der Waals surface area contributed by atoms with Crippen LogP contribution in [0.3, 0.4) is 0 Å². The molecule has 1 rings (SSSR count). The van der Waals surface area contributed by atoms with Crippen molar-refractivity contribution in [2.24, 2.45) is 13.0 Å². The summed E-state index contributed by atoms with van der Waals surface area (Å²) in [7, 11) is 1.67. The standard InChI is InChI=1S/C13H24N4O2/c1-8(2)6-13(4,19)7-15-12(18)11-10(14)9(3)16-17(11)5/h8,19H,6-7,14H2,1-5H3,(H,15,18). The van der Waals surface area contributed by atoms with Gasteiger partial charge in [0.05, 0.1) is 17.0 Å². The topological polar surface area (TPSA) is 93.2 Å². The van der Waals surface area contributed by atoms with Gasteiger partial charge in [-0.1, -0.05) is 13.8 Å². The van der Waals surface area contributed by atoms with Crippen LogP contribution in [0.2, 0.25) is 0 Å². The molecule has 1 unspecified atom stereocenters. The fourth-order valence-electron chi connectivity index (χ4n) is 2.25. The lowest BCUT2D eigenvalue weighted by molar-refractivity contribution is 0.0367. The Balaban J connectivity index is 2.71. The average molecular weight is 268 g/mol. The van der Waals surface area contributed by atoms with Gasteiger partial charge in [-0.3, -0.25) is 9.48 Å². The van der Waals surface area contributed by atoms with Crippen LogP contribution in [-0.4, -0.2) is 32.9 Å². The summed E-state index contributed by atoms with van der Waals surface area (Å²) in [5.74, 6) is 0.0422. The van der Waals surface area contributed by atoms with Crippen LogP contribution in [0.5, 0.6) is 0 Å². The number of nitrogen functional groups attached to an aromatic ring is 1. The van der Waals surface area contributed by atoms with Gasteiger partial charge in [0.1, 0.15) is 5.69 Å². The Bertz CT molecular complexity index is 463. The Labute approximate surface area is 114 Å². The van der Waals surface area contributed by atoms with E-state index in [9.17, 15) is 9.90 Å². The molecule has 108 valence electrons. The number of nitrogens with two attached hydrogens (primary N) is 1. The van der Waals surface area contributed by atoms with E-state index >= 15 is 0 Å². The predicted octanol–water partition coefficient (Wildman–Crippen LogP) is 0.838. The van der Waals surface area contributed by atoms with Crippen LogP contribution in [0.1, 0.15) is 43.4 Å². The molecule has 1 atom stereocenters. The molecular weight excluding hydrogens is 244 g/mol. The second kappa shape index (κ2) is 5.61. The molecule has 0 saturated heterocycles. The molecule has 1 heterocycles. The van der Waals surface area contributed by atoms with Gasteiger partial charge in [-0.25, -0.2) is 0 Å². The van der Waals surface area contributed by atoms with E-state index in [2.05, 4.69) is 10.4 Å². The van der Waals surface area contributed by atoms with E-state index in [1.54, 1.807) is 20.9 Å². The van der Waals surface area contributed by atoms with E-state index in [4.69, 9.17) is 5.73 Å². The van der Waals surface area contributed by atoms with Gasteiger partial charge >= 0.3 is 0 Å². The van der Waals surface area contributed by atoms with Gasteiger partial charge in [-0.2, -0.15) is 5.10 Å². The number of hydrogen-bond acceptors (Lipinski definition) is 4. The van der Waals surface area contributed by atoms with E-state index in [1.165, 1.54) is 4.68 Å². The van der Waals surface area contributed by atoms with Gasteiger partial charge < -0.3 is 16.2 Å². The maximum atomic E-state index is 12.1. The first kappa shape index (κ1) is 15.5. The number of carbonyl (C=O) groups excluding carboxylic acids is 1. The normalized spacial score (nSPS) is 14.5. The highest BCUT2D eigenvalue weighted by Crippen LogP contribution is 2.17. The molecule has 0 aliphatic carbocycles. The number of aromatic nitrogens is 2. The zero-order valence-corrected chi connectivity index (χ0v) is 12.3. The van der Waals surface area contributed by atoms with Crippen LogP contribution < -0.4 is 11.1 Å². The molecule has 0 spiro atoms. The molecule has 0 fully saturated rings. The SMILES string of the molecule is Cc1nn(C)c(C(=O)NCC(C)(O)CC(C)C)c1N. The van der Waals surface area contributed by atoms with Gasteiger partial charge in [0.2, 0.25) is 0 Å².